The Labute approximate surface area is 121 Å². The molecule has 1 aromatic rings. The predicted molar refractivity (Wildman–Crippen MR) is 82.7 cm³/mol. The summed E-state index contributed by atoms with van der Waals surface area (Å²) >= 11 is 0. The van der Waals surface area contributed by atoms with Crippen LogP contribution in [0.4, 0.5) is 10.1 Å². The van der Waals surface area contributed by atoms with Gasteiger partial charge in [0, 0.05) is 43.0 Å². The Morgan fingerprint density at radius 3 is 2.70 bits per heavy atom. The lowest BCUT2D eigenvalue weighted by atomic mass is 9.98. The number of likely N-dealkylation sites (N-methyl/N-ethyl adjacent to an activating group) is 1. The van der Waals surface area contributed by atoms with Crippen molar-refractivity contribution in [3.8, 4) is 0 Å². The molecular formula is C16H26FN3. The molecule has 3 nitrogen and oxygen atoms in total. The van der Waals surface area contributed by atoms with Crippen LogP contribution in [0.25, 0.3) is 0 Å². The van der Waals surface area contributed by atoms with Gasteiger partial charge < -0.3 is 10.2 Å². The lowest BCUT2D eigenvalue weighted by molar-refractivity contribution is 0.138. The van der Waals surface area contributed by atoms with E-state index in [1.54, 1.807) is 6.07 Å². The summed E-state index contributed by atoms with van der Waals surface area (Å²) in [5.41, 5.74) is 1.93. The molecule has 0 radical (unpaired) electrons. The first-order valence-electron chi connectivity index (χ1n) is 7.40. The zero-order chi connectivity index (χ0) is 14.8. The zero-order valence-corrected chi connectivity index (χ0v) is 13.0. The molecule has 1 saturated heterocycles. The van der Waals surface area contributed by atoms with Crippen LogP contribution in [0.5, 0.6) is 0 Å². The summed E-state index contributed by atoms with van der Waals surface area (Å²) < 4.78 is 14.1. The molecular weight excluding hydrogens is 253 g/mol. The molecule has 20 heavy (non-hydrogen) atoms. The van der Waals surface area contributed by atoms with Crippen molar-refractivity contribution in [2.45, 2.75) is 32.9 Å². The molecule has 0 saturated carbocycles. The Kier molecular flexibility index (Phi) is 4.66. The number of nitrogens with one attached hydrogen (secondary N) is 1. The van der Waals surface area contributed by atoms with Crippen molar-refractivity contribution in [3.05, 3.63) is 29.6 Å². The quantitative estimate of drug-likeness (QED) is 0.913. The van der Waals surface area contributed by atoms with Crippen molar-refractivity contribution in [1.29, 1.82) is 0 Å². The van der Waals surface area contributed by atoms with Crippen LogP contribution in [0.15, 0.2) is 18.2 Å². The van der Waals surface area contributed by atoms with Gasteiger partial charge in [0.1, 0.15) is 5.82 Å². The van der Waals surface area contributed by atoms with E-state index >= 15 is 0 Å². The maximum Gasteiger partial charge on any atom is 0.129 e. The van der Waals surface area contributed by atoms with E-state index in [-0.39, 0.29) is 11.4 Å². The molecule has 1 N–H and O–H groups in total. The van der Waals surface area contributed by atoms with Crippen molar-refractivity contribution < 1.29 is 4.39 Å². The second-order valence-corrected chi connectivity index (χ2v) is 6.17. The fraction of sp³-hybridized carbons (Fsp3) is 0.625. The van der Waals surface area contributed by atoms with E-state index in [1.165, 1.54) is 0 Å². The monoisotopic (exact) mass is 279 g/mol. The van der Waals surface area contributed by atoms with E-state index < -0.39 is 0 Å². The Hall–Kier alpha value is -1.13. The zero-order valence-electron chi connectivity index (χ0n) is 13.0. The summed E-state index contributed by atoms with van der Waals surface area (Å²) in [5, 5.41) is 3.24. The lowest BCUT2D eigenvalue weighted by Crippen LogP contribution is -2.58. The molecule has 1 fully saturated rings. The first-order valence-corrected chi connectivity index (χ1v) is 7.40. The maximum atomic E-state index is 14.1. The van der Waals surface area contributed by atoms with Crippen molar-refractivity contribution in [2.75, 3.05) is 38.1 Å². The third kappa shape index (κ3) is 3.13. The lowest BCUT2D eigenvalue weighted by Gasteiger charge is -2.46. The number of nitrogens with zero attached hydrogens (tertiary/aromatic N) is 2. The van der Waals surface area contributed by atoms with Crippen LogP contribution < -0.4 is 10.2 Å². The van der Waals surface area contributed by atoms with E-state index in [4.69, 9.17) is 0 Å². The standard InChI is InChI=1S/C16H26FN3/c1-5-18-11-13-14(17)7-6-8-15(13)20-10-9-19(4)16(2,3)12-20/h6-8,18H,5,9-12H2,1-4H3. The van der Waals surface area contributed by atoms with E-state index in [1.807, 2.05) is 19.1 Å². The summed E-state index contributed by atoms with van der Waals surface area (Å²) in [6.07, 6.45) is 0. The molecule has 0 unspecified atom stereocenters. The normalized spacial score (nSPS) is 19.4. The van der Waals surface area contributed by atoms with Crippen LogP contribution in [0.2, 0.25) is 0 Å². The number of hydrogen-bond donors (Lipinski definition) is 1. The van der Waals surface area contributed by atoms with E-state index in [0.717, 1.165) is 37.4 Å². The van der Waals surface area contributed by atoms with Gasteiger partial charge in [-0.05, 0) is 39.6 Å². The minimum Gasteiger partial charge on any atom is -0.368 e. The van der Waals surface area contributed by atoms with Crippen LogP contribution >= 0.6 is 0 Å². The van der Waals surface area contributed by atoms with E-state index in [9.17, 15) is 4.39 Å². The highest BCUT2D eigenvalue weighted by atomic mass is 19.1. The molecule has 0 aliphatic carbocycles. The minimum atomic E-state index is -0.111. The number of anilines is 1. The van der Waals surface area contributed by atoms with Crippen molar-refractivity contribution in [3.63, 3.8) is 0 Å². The average molecular weight is 279 g/mol. The number of hydrogen-bond acceptors (Lipinski definition) is 3. The molecule has 0 spiro atoms. The molecule has 112 valence electrons. The second-order valence-electron chi connectivity index (χ2n) is 6.17. The van der Waals surface area contributed by atoms with Crippen molar-refractivity contribution in [2.24, 2.45) is 0 Å². The van der Waals surface area contributed by atoms with Crippen LogP contribution in [0, 0.1) is 5.82 Å². The fourth-order valence-corrected chi connectivity index (χ4v) is 2.71. The summed E-state index contributed by atoms with van der Waals surface area (Å²) in [6.45, 7) is 10.8. The third-order valence-electron chi connectivity index (χ3n) is 4.30. The largest absolute Gasteiger partial charge is 0.368 e. The molecule has 0 atom stereocenters. The molecule has 0 aromatic heterocycles. The summed E-state index contributed by atoms with van der Waals surface area (Å²) in [5.74, 6) is -0.111. The Morgan fingerprint density at radius 1 is 1.30 bits per heavy atom. The van der Waals surface area contributed by atoms with Gasteiger partial charge in [-0.3, -0.25) is 4.90 Å². The number of piperazine rings is 1. The van der Waals surface area contributed by atoms with Gasteiger partial charge in [0.2, 0.25) is 0 Å². The third-order valence-corrected chi connectivity index (χ3v) is 4.30. The number of halogens is 1. The van der Waals surface area contributed by atoms with Gasteiger partial charge in [-0.25, -0.2) is 4.39 Å². The molecule has 1 aliphatic heterocycles. The summed E-state index contributed by atoms with van der Waals surface area (Å²) in [4.78, 5) is 4.68. The number of rotatable bonds is 4. The molecule has 0 amide bonds. The topological polar surface area (TPSA) is 18.5 Å². The Balaban J connectivity index is 2.26. The number of benzene rings is 1. The highest BCUT2D eigenvalue weighted by molar-refractivity contribution is 5.55. The van der Waals surface area contributed by atoms with Crippen LogP contribution in [-0.2, 0) is 6.54 Å². The fourth-order valence-electron chi connectivity index (χ4n) is 2.71. The second kappa shape index (κ2) is 6.10. The van der Waals surface area contributed by atoms with Gasteiger partial charge in [0.25, 0.3) is 0 Å². The van der Waals surface area contributed by atoms with Crippen molar-refractivity contribution >= 4 is 5.69 Å². The van der Waals surface area contributed by atoms with Crippen LogP contribution in [-0.4, -0.2) is 43.7 Å². The van der Waals surface area contributed by atoms with Crippen LogP contribution in [0.3, 0.4) is 0 Å². The molecule has 1 aromatic carbocycles. The molecule has 1 aliphatic rings. The summed E-state index contributed by atoms with van der Waals surface area (Å²) in [6, 6.07) is 5.40. The molecule has 0 bridgehead atoms. The van der Waals surface area contributed by atoms with Gasteiger partial charge in [-0.2, -0.15) is 0 Å². The molecule has 4 heteroatoms. The highest BCUT2D eigenvalue weighted by Crippen LogP contribution is 2.28. The van der Waals surface area contributed by atoms with Gasteiger partial charge in [-0.1, -0.05) is 13.0 Å². The maximum absolute atomic E-state index is 14.1. The van der Waals surface area contributed by atoms with E-state index in [2.05, 4.69) is 36.0 Å². The van der Waals surface area contributed by atoms with Crippen LogP contribution in [0.1, 0.15) is 26.3 Å². The van der Waals surface area contributed by atoms with Gasteiger partial charge in [0.05, 0.1) is 0 Å². The smallest absolute Gasteiger partial charge is 0.129 e. The Morgan fingerprint density at radius 2 is 2.05 bits per heavy atom. The van der Waals surface area contributed by atoms with Gasteiger partial charge >= 0.3 is 0 Å². The van der Waals surface area contributed by atoms with Crippen molar-refractivity contribution in [1.82, 2.24) is 10.2 Å². The minimum absolute atomic E-state index is 0.111. The first kappa shape index (κ1) is 15.3. The highest BCUT2D eigenvalue weighted by Gasteiger charge is 2.32. The Bertz CT molecular complexity index is 459. The first-order chi connectivity index (χ1) is 9.45. The average Bonchev–Trinajstić information content (AvgIpc) is 2.40. The van der Waals surface area contributed by atoms with E-state index in [0.29, 0.717) is 6.54 Å². The van der Waals surface area contributed by atoms with Gasteiger partial charge in [0.15, 0.2) is 0 Å². The van der Waals surface area contributed by atoms with Gasteiger partial charge in [-0.15, -0.1) is 0 Å². The summed E-state index contributed by atoms with van der Waals surface area (Å²) in [7, 11) is 2.16. The molecule has 2 rings (SSSR count). The predicted octanol–water partition coefficient (Wildman–Crippen LogP) is 2.47. The SMILES string of the molecule is CCNCc1c(F)cccc1N1CCN(C)C(C)(C)C1. The molecule has 1 heterocycles.